The Morgan fingerprint density at radius 1 is 0.897 bits per heavy atom. The summed E-state index contributed by atoms with van der Waals surface area (Å²) in [6.45, 7) is 2.97. The first-order valence-electron chi connectivity index (χ1n) is 9.30. The first-order valence-corrected chi connectivity index (χ1v) is 9.30. The normalized spacial score (nSPS) is 11.0. The Morgan fingerprint density at radius 3 is 2.21 bits per heavy atom. The fraction of sp³-hybridized carbons (Fsp3) is 0.167. The van der Waals surface area contributed by atoms with Crippen molar-refractivity contribution in [2.75, 3.05) is 5.32 Å². The number of hydrogen-bond acceptors (Lipinski definition) is 3. The fourth-order valence-electron chi connectivity index (χ4n) is 2.81. The van der Waals surface area contributed by atoms with Crippen molar-refractivity contribution in [2.45, 2.75) is 25.9 Å². The number of anilines is 1. The summed E-state index contributed by atoms with van der Waals surface area (Å²) >= 11 is 0. The third-order valence-electron chi connectivity index (χ3n) is 4.43. The maximum absolute atomic E-state index is 12.4. The Balaban J connectivity index is 1.62. The van der Waals surface area contributed by atoms with Crippen molar-refractivity contribution in [2.24, 2.45) is 0 Å². The summed E-state index contributed by atoms with van der Waals surface area (Å²) in [5.41, 5.74) is 2.35. The van der Waals surface area contributed by atoms with E-state index in [-0.39, 0.29) is 12.3 Å². The van der Waals surface area contributed by atoms with Gasteiger partial charge < -0.3 is 15.2 Å². The van der Waals surface area contributed by atoms with Crippen molar-refractivity contribution < 1.29 is 19.4 Å². The van der Waals surface area contributed by atoms with Crippen LogP contribution in [-0.2, 0) is 16.0 Å². The van der Waals surface area contributed by atoms with Gasteiger partial charge in [-0.2, -0.15) is 0 Å². The van der Waals surface area contributed by atoms with E-state index in [9.17, 15) is 9.59 Å². The fourth-order valence-corrected chi connectivity index (χ4v) is 2.81. The highest BCUT2D eigenvalue weighted by Crippen LogP contribution is 2.23. The summed E-state index contributed by atoms with van der Waals surface area (Å²) in [6.07, 6.45) is 0.207. The van der Waals surface area contributed by atoms with Gasteiger partial charge in [0.25, 0.3) is 0 Å². The molecular weight excluding hydrogens is 366 g/mol. The van der Waals surface area contributed by atoms with Gasteiger partial charge in [-0.15, -0.1) is 0 Å². The van der Waals surface area contributed by atoms with Crippen LogP contribution in [0, 0.1) is 0 Å². The molecule has 148 valence electrons. The molecule has 0 aromatic heterocycles. The molecule has 3 rings (SSSR count). The maximum Gasteiger partial charge on any atom is 0.347 e. The van der Waals surface area contributed by atoms with E-state index >= 15 is 0 Å². The molecule has 0 bridgehead atoms. The van der Waals surface area contributed by atoms with E-state index in [1.54, 1.807) is 24.3 Å². The van der Waals surface area contributed by atoms with Crippen LogP contribution in [0.25, 0.3) is 11.1 Å². The molecule has 3 aromatic rings. The molecule has 0 unspecified atom stereocenters. The third kappa shape index (κ3) is 5.45. The van der Waals surface area contributed by atoms with E-state index in [1.807, 2.05) is 54.6 Å². The van der Waals surface area contributed by atoms with Crippen LogP contribution >= 0.6 is 0 Å². The first-order chi connectivity index (χ1) is 13.8. The second kappa shape index (κ2) is 8.61. The number of rotatable bonds is 7. The van der Waals surface area contributed by atoms with Gasteiger partial charge in [0.1, 0.15) is 5.75 Å². The minimum absolute atomic E-state index is 0.130. The molecule has 0 aliphatic heterocycles. The predicted molar refractivity (Wildman–Crippen MR) is 113 cm³/mol. The van der Waals surface area contributed by atoms with Crippen molar-refractivity contribution in [1.29, 1.82) is 0 Å². The Kier molecular flexibility index (Phi) is 5.98. The van der Waals surface area contributed by atoms with E-state index in [0.717, 1.165) is 22.4 Å². The molecule has 1 amide bonds. The number of carbonyl (C=O) groups excluding carboxylic acids is 1. The summed E-state index contributed by atoms with van der Waals surface area (Å²) in [4.78, 5) is 23.6. The van der Waals surface area contributed by atoms with E-state index < -0.39 is 11.6 Å². The zero-order chi connectivity index (χ0) is 20.9. The van der Waals surface area contributed by atoms with Gasteiger partial charge in [-0.3, -0.25) is 4.79 Å². The van der Waals surface area contributed by atoms with Gasteiger partial charge in [-0.05, 0) is 54.8 Å². The molecule has 0 fully saturated rings. The van der Waals surface area contributed by atoms with Gasteiger partial charge in [-0.1, -0.05) is 54.6 Å². The molecule has 0 aliphatic rings. The van der Waals surface area contributed by atoms with Crippen LogP contribution in [0.15, 0.2) is 78.9 Å². The number of hydrogen-bond donors (Lipinski definition) is 2. The highest BCUT2D eigenvalue weighted by atomic mass is 16.5. The van der Waals surface area contributed by atoms with Crippen molar-refractivity contribution >= 4 is 17.6 Å². The number of carboxylic acids is 1. The molecule has 0 saturated heterocycles. The van der Waals surface area contributed by atoms with Crippen LogP contribution < -0.4 is 10.1 Å². The van der Waals surface area contributed by atoms with Crippen LogP contribution in [-0.4, -0.2) is 22.6 Å². The number of carboxylic acid groups (broad SMARTS) is 1. The average Bonchev–Trinajstić information content (AvgIpc) is 2.70. The zero-order valence-corrected chi connectivity index (χ0v) is 16.4. The third-order valence-corrected chi connectivity index (χ3v) is 4.43. The lowest BCUT2D eigenvalue weighted by atomic mass is 10.1. The van der Waals surface area contributed by atoms with Crippen LogP contribution in [0.5, 0.6) is 5.75 Å². The van der Waals surface area contributed by atoms with Gasteiger partial charge in [-0.25, -0.2) is 4.79 Å². The van der Waals surface area contributed by atoms with Crippen LogP contribution in [0.4, 0.5) is 5.69 Å². The molecule has 29 heavy (non-hydrogen) atoms. The van der Waals surface area contributed by atoms with Gasteiger partial charge in [0.15, 0.2) is 5.60 Å². The minimum atomic E-state index is -1.32. The summed E-state index contributed by atoms with van der Waals surface area (Å²) in [7, 11) is 0. The van der Waals surface area contributed by atoms with E-state index in [2.05, 4.69) is 5.32 Å². The maximum atomic E-state index is 12.4. The SMILES string of the molecule is CC(C)(Oc1ccc(CC(=O)Nc2cccc(-c3ccccc3)c2)cc1)C(=O)O. The standard InChI is InChI=1S/C24H23NO4/c1-24(2,23(27)28)29-21-13-11-17(12-14-21)15-22(26)25-20-10-6-9-19(16-20)18-7-4-3-5-8-18/h3-14,16H,15H2,1-2H3,(H,25,26)(H,27,28). The number of aliphatic carboxylic acids is 1. The van der Waals surface area contributed by atoms with Crippen molar-refractivity contribution in [3.8, 4) is 16.9 Å². The molecule has 0 saturated carbocycles. The molecular formula is C24H23NO4. The lowest BCUT2D eigenvalue weighted by molar-refractivity contribution is -0.152. The predicted octanol–water partition coefficient (Wildman–Crippen LogP) is 4.78. The highest BCUT2D eigenvalue weighted by Gasteiger charge is 2.29. The first kappa shape index (κ1) is 20.1. The second-order valence-corrected chi connectivity index (χ2v) is 7.23. The number of nitrogens with one attached hydrogen (secondary N) is 1. The molecule has 5 heteroatoms. The summed E-state index contributed by atoms with van der Waals surface area (Å²) < 4.78 is 5.47. The Bertz CT molecular complexity index is 995. The summed E-state index contributed by atoms with van der Waals surface area (Å²) in [5, 5.41) is 12.1. The average molecular weight is 389 g/mol. The molecule has 0 aliphatic carbocycles. The van der Waals surface area contributed by atoms with Gasteiger partial charge >= 0.3 is 5.97 Å². The number of ether oxygens (including phenoxy) is 1. The molecule has 5 nitrogen and oxygen atoms in total. The van der Waals surface area contributed by atoms with Gasteiger partial charge in [0, 0.05) is 5.69 Å². The van der Waals surface area contributed by atoms with Gasteiger partial charge in [0.2, 0.25) is 5.91 Å². The molecule has 0 spiro atoms. The van der Waals surface area contributed by atoms with Crippen molar-refractivity contribution in [1.82, 2.24) is 0 Å². The second-order valence-electron chi connectivity index (χ2n) is 7.23. The van der Waals surface area contributed by atoms with E-state index in [0.29, 0.717) is 5.75 Å². The van der Waals surface area contributed by atoms with Crippen molar-refractivity contribution in [3.05, 3.63) is 84.4 Å². The Hall–Kier alpha value is -3.60. The number of amides is 1. The van der Waals surface area contributed by atoms with Crippen molar-refractivity contribution in [3.63, 3.8) is 0 Å². The molecule has 0 atom stereocenters. The molecule has 0 radical (unpaired) electrons. The number of benzene rings is 3. The smallest absolute Gasteiger partial charge is 0.347 e. The van der Waals surface area contributed by atoms with Crippen LogP contribution in [0.3, 0.4) is 0 Å². The monoisotopic (exact) mass is 389 g/mol. The molecule has 2 N–H and O–H groups in total. The molecule has 0 heterocycles. The van der Waals surface area contributed by atoms with E-state index in [1.165, 1.54) is 13.8 Å². The quantitative estimate of drug-likeness (QED) is 0.610. The van der Waals surface area contributed by atoms with Crippen LogP contribution in [0.1, 0.15) is 19.4 Å². The Morgan fingerprint density at radius 2 is 1.55 bits per heavy atom. The number of carbonyl (C=O) groups is 2. The van der Waals surface area contributed by atoms with Gasteiger partial charge in [0.05, 0.1) is 6.42 Å². The molecule has 3 aromatic carbocycles. The zero-order valence-electron chi connectivity index (χ0n) is 16.4. The van der Waals surface area contributed by atoms with E-state index in [4.69, 9.17) is 9.84 Å². The lowest BCUT2D eigenvalue weighted by Gasteiger charge is -2.21. The lowest BCUT2D eigenvalue weighted by Crippen LogP contribution is -2.37. The Labute approximate surface area is 170 Å². The topological polar surface area (TPSA) is 75.6 Å². The summed E-state index contributed by atoms with van der Waals surface area (Å²) in [5.74, 6) is -0.731. The minimum Gasteiger partial charge on any atom is -0.478 e. The highest BCUT2D eigenvalue weighted by molar-refractivity contribution is 5.93. The largest absolute Gasteiger partial charge is 0.478 e. The van der Waals surface area contributed by atoms with Crippen LogP contribution in [0.2, 0.25) is 0 Å². The summed E-state index contributed by atoms with van der Waals surface area (Å²) in [6, 6.07) is 24.5.